The molecule has 2 fully saturated rings. The zero-order valence-electron chi connectivity index (χ0n) is 16.2. The second kappa shape index (κ2) is 7.43. The van der Waals surface area contributed by atoms with E-state index in [0.717, 1.165) is 37.2 Å². The topological polar surface area (TPSA) is 19.4 Å². The SMILES string of the molecule is FCc1ccc2c(n1)C1C3CCCCN3CCC1N2CCc1ccc(F)cc1. The van der Waals surface area contributed by atoms with Crippen molar-refractivity contribution in [2.45, 2.75) is 56.8 Å². The summed E-state index contributed by atoms with van der Waals surface area (Å²) in [5.74, 6) is 0.187. The first-order valence-corrected chi connectivity index (χ1v) is 10.6. The summed E-state index contributed by atoms with van der Waals surface area (Å²) in [5.41, 5.74) is 3.98. The lowest BCUT2D eigenvalue weighted by Gasteiger charge is -2.47. The number of rotatable bonds is 4. The summed E-state index contributed by atoms with van der Waals surface area (Å²) < 4.78 is 26.6. The van der Waals surface area contributed by atoms with Gasteiger partial charge in [-0.3, -0.25) is 9.88 Å². The van der Waals surface area contributed by atoms with Crippen LogP contribution in [0.2, 0.25) is 0 Å². The second-order valence-corrected chi connectivity index (χ2v) is 8.39. The Hall–Kier alpha value is -2.01. The van der Waals surface area contributed by atoms with Gasteiger partial charge in [-0.2, -0.15) is 0 Å². The van der Waals surface area contributed by atoms with E-state index in [4.69, 9.17) is 4.98 Å². The van der Waals surface area contributed by atoms with Gasteiger partial charge in [-0.1, -0.05) is 18.6 Å². The Kier molecular flexibility index (Phi) is 4.79. The van der Waals surface area contributed by atoms with Gasteiger partial charge in [0.2, 0.25) is 0 Å². The maximum absolute atomic E-state index is 13.3. The van der Waals surface area contributed by atoms with Crippen molar-refractivity contribution in [1.82, 2.24) is 9.88 Å². The summed E-state index contributed by atoms with van der Waals surface area (Å²) in [7, 11) is 0. The molecular weight excluding hydrogens is 356 g/mol. The van der Waals surface area contributed by atoms with E-state index in [1.54, 1.807) is 0 Å². The highest BCUT2D eigenvalue weighted by molar-refractivity contribution is 5.60. The van der Waals surface area contributed by atoms with Crippen molar-refractivity contribution in [2.75, 3.05) is 24.5 Å². The monoisotopic (exact) mass is 383 g/mol. The number of halogens is 2. The largest absolute Gasteiger partial charge is 0.366 e. The summed E-state index contributed by atoms with van der Waals surface area (Å²) in [4.78, 5) is 9.92. The molecule has 0 N–H and O–H groups in total. The number of anilines is 1. The molecule has 5 rings (SSSR count). The van der Waals surface area contributed by atoms with E-state index >= 15 is 0 Å². The molecule has 5 heteroatoms. The van der Waals surface area contributed by atoms with Gasteiger partial charge >= 0.3 is 0 Å². The minimum absolute atomic E-state index is 0.192. The molecule has 0 aliphatic carbocycles. The molecule has 2 aromatic rings. The van der Waals surface area contributed by atoms with Crippen LogP contribution in [0.15, 0.2) is 36.4 Å². The van der Waals surface area contributed by atoms with Gasteiger partial charge in [-0.15, -0.1) is 0 Å². The van der Waals surface area contributed by atoms with Gasteiger partial charge in [0.1, 0.15) is 12.5 Å². The summed E-state index contributed by atoms with van der Waals surface area (Å²) in [6, 6.07) is 11.7. The summed E-state index contributed by atoms with van der Waals surface area (Å²) >= 11 is 0. The Morgan fingerprint density at radius 3 is 2.64 bits per heavy atom. The van der Waals surface area contributed by atoms with E-state index in [-0.39, 0.29) is 5.82 Å². The highest BCUT2D eigenvalue weighted by atomic mass is 19.1. The van der Waals surface area contributed by atoms with E-state index in [1.165, 1.54) is 43.6 Å². The molecule has 0 spiro atoms. The third kappa shape index (κ3) is 3.10. The van der Waals surface area contributed by atoms with Gasteiger partial charge in [0.05, 0.1) is 17.1 Å². The van der Waals surface area contributed by atoms with Crippen molar-refractivity contribution >= 4 is 5.69 Å². The number of hydrogen-bond donors (Lipinski definition) is 0. The van der Waals surface area contributed by atoms with Crippen LogP contribution in [-0.2, 0) is 13.1 Å². The zero-order chi connectivity index (χ0) is 19.1. The molecule has 148 valence electrons. The average Bonchev–Trinajstić information content (AvgIpc) is 3.06. The van der Waals surface area contributed by atoms with Gasteiger partial charge in [0, 0.05) is 31.1 Å². The van der Waals surface area contributed by atoms with Crippen molar-refractivity contribution in [3.63, 3.8) is 0 Å². The van der Waals surface area contributed by atoms with Crippen LogP contribution in [0, 0.1) is 5.82 Å². The molecule has 2 saturated heterocycles. The Morgan fingerprint density at radius 1 is 0.964 bits per heavy atom. The minimum atomic E-state index is -0.505. The van der Waals surface area contributed by atoms with Gasteiger partial charge in [-0.05, 0) is 62.1 Å². The van der Waals surface area contributed by atoms with Crippen molar-refractivity contribution in [3.05, 3.63) is 59.2 Å². The minimum Gasteiger partial charge on any atom is -0.366 e. The molecular formula is C23H27F2N3. The third-order valence-electron chi connectivity index (χ3n) is 6.88. The lowest BCUT2D eigenvalue weighted by molar-refractivity contribution is 0.0799. The van der Waals surface area contributed by atoms with Crippen LogP contribution < -0.4 is 4.90 Å². The van der Waals surface area contributed by atoms with Crippen LogP contribution in [0.1, 0.15) is 48.6 Å². The molecule has 4 heterocycles. The lowest BCUT2D eigenvalue weighted by Crippen LogP contribution is -2.54. The van der Waals surface area contributed by atoms with Crippen molar-refractivity contribution in [3.8, 4) is 0 Å². The number of pyridine rings is 1. The fourth-order valence-electron chi connectivity index (χ4n) is 5.59. The van der Waals surface area contributed by atoms with Crippen LogP contribution in [0.3, 0.4) is 0 Å². The van der Waals surface area contributed by atoms with Crippen molar-refractivity contribution < 1.29 is 8.78 Å². The Bertz CT molecular complexity index is 838. The third-order valence-corrected chi connectivity index (χ3v) is 6.88. The number of benzene rings is 1. The quantitative estimate of drug-likeness (QED) is 0.777. The number of fused-ring (bicyclic) bond motifs is 5. The molecule has 0 bridgehead atoms. The number of nitrogens with zero attached hydrogens (tertiary/aromatic N) is 3. The molecule has 0 saturated carbocycles. The number of alkyl halides is 1. The molecule has 0 amide bonds. The highest BCUT2D eigenvalue weighted by Gasteiger charge is 2.48. The summed E-state index contributed by atoms with van der Waals surface area (Å²) in [6.45, 7) is 2.71. The van der Waals surface area contributed by atoms with Crippen LogP contribution in [0.4, 0.5) is 14.5 Å². The predicted octanol–water partition coefficient (Wildman–Crippen LogP) is 4.46. The molecule has 3 atom stereocenters. The van der Waals surface area contributed by atoms with Crippen molar-refractivity contribution in [2.24, 2.45) is 0 Å². The number of piperidine rings is 2. The van der Waals surface area contributed by atoms with Gasteiger partial charge in [0.15, 0.2) is 0 Å². The molecule has 3 unspecified atom stereocenters. The fourth-order valence-corrected chi connectivity index (χ4v) is 5.59. The molecule has 3 aliphatic heterocycles. The van der Waals surface area contributed by atoms with Gasteiger partial charge < -0.3 is 4.90 Å². The van der Waals surface area contributed by atoms with Crippen LogP contribution in [0.5, 0.6) is 0 Å². The van der Waals surface area contributed by atoms with E-state index in [0.29, 0.717) is 23.7 Å². The highest BCUT2D eigenvalue weighted by Crippen LogP contribution is 2.48. The number of hydrogen-bond acceptors (Lipinski definition) is 3. The Balaban J connectivity index is 1.45. The van der Waals surface area contributed by atoms with Gasteiger partial charge in [-0.25, -0.2) is 8.78 Å². The number of aromatic nitrogens is 1. The first-order valence-electron chi connectivity index (χ1n) is 10.6. The first-order chi connectivity index (χ1) is 13.7. The lowest BCUT2D eigenvalue weighted by atomic mass is 9.80. The van der Waals surface area contributed by atoms with Crippen molar-refractivity contribution in [1.29, 1.82) is 0 Å². The Labute approximate surface area is 165 Å². The molecule has 1 aromatic carbocycles. The predicted molar refractivity (Wildman–Crippen MR) is 107 cm³/mol. The average molecular weight is 383 g/mol. The maximum Gasteiger partial charge on any atom is 0.131 e. The smallest absolute Gasteiger partial charge is 0.131 e. The molecule has 28 heavy (non-hydrogen) atoms. The summed E-state index contributed by atoms with van der Waals surface area (Å²) in [5, 5.41) is 0. The van der Waals surface area contributed by atoms with Gasteiger partial charge in [0.25, 0.3) is 0 Å². The molecule has 3 aliphatic rings. The zero-order valence-corrected chi connectivity index (χ0v) is 16.2. The van der Waals surface area contributed by atoms with E-state index in [2.05, 4.69) is 15.9 Å². The standard InChI is InChI=1S/C23H27F2N3/c24-15-18-8-9-21-23(26-18)22-19-3-1-2-12-27(19)13-11-20(22)28(21)14-10-16-4-6-17(25)7-5-16/h4-9,19-20,22H,1-3,10-15H2. The second-order valence-electron chi connectivity index (χ2n) is 8.39. The van der Waals surface area contributed by atoms with E-state index in [1.807, 2.05) is 18.2 Å². The van der Waals surface area contributed by atoms with Crippen LogP contribution in [0.25, 0.3) is 0 Å². The van der Waals surface area contributed by atoms with E-state index < -0.39 is 6.67 Å². The fraction of sp³-hybridized carbons (Fsp3) is 0.522. The van der Waals surface area contributed by atoms with E-state index in [9.17, 15) is 8.78 Å². The Morgan fingerprint density at radius 2 is 1.82 bits per heavy atom. The normalized spacial score (nSPS) is 26.6. The summed E-state index contributed by atoms with van der Waals surface area (Å²) in [6.07, 6.45) is 5.78. The van der Waals surface area contributed by atoms with Crippen LogP contribution >= 0.6 is 0 Å². The first kappa shape index (κ1) is 18.0. The molecule has 1 aromatic heterocycles. The molecule has 0 radical (unpaired) electrons. The molecule has 3 nitrogen and oxygen atoms in total. The van der Waals surface area contributed by atoms with Crippen LogP contribution in [-0.4, -0.2) is 41.6 Å². The maximum atomic E-state index is 13.3.